The van der Waals surface area contributed by atoms with Crippen LogP contribution in [0, 0.1) is 0 Å². The van der Waals surface area contributed by atoms with Crippen LogP contribution in [-0.4, -0.2) is 40.2 Å². The number of thiocarbonyl (C=S) groups is 1. The van der Waals surface area contributed by atoms with Gasteiger partial charge in [0, 0.05) is 25.8 Å². The van der Waals surface area contributed by atoms with Crippen molar-refractivity contribution < 1.29 is 4.79 Å². The number of rotatable bonds is 2. The highest BCUT2D eigenvalue weighted by Crippen LogP contribution is 2.36. The maximum absolute atomic E-state index is 12.2. The lowest BCUT2D eigenvalue weighted by Crippen LogP contribution is -2.30. The number of hydrogen-bond acceptors (Lipinski definition) is 4. The molecule has 3 nitrogen and oxygen atoms in total. The molecule has 2 fully saturated rings. The molecule has 0 aromatic rings. The van der Waals surface area contributed by atoms with E-state index in [1.807, 2.05) is 0 Å². The highest BCUT2D eigenvalue weighted by molar-refractivity contribution is 8.26. The van der Waals surface area contributed by atoms with Gasteiger partial charge < -0.3 is 4.90 Å². The normalized spacial score (nSPS) is 25.7. The predicted molar refractivity (Wildman–Crippen MR) is 75.6 cm³/mol. The van der Waals surface area contributed by atoms with Crippen molar-refractivity contribution in [2.45, 2.75) is 19.3 Å². The molecule has 0 aromatic carbocycles. The van der Waals surface area contributed by atoms with E-state index in [9.17, 15) is 4.79 Å². The first-order chi connectivity index (χ1) is 8.15. The van der Waals surface area contributed by atoms with E-state index >= 15 is 0 Å². The quantitative estimate of drug-likeness (QED) is 0.436. The van der Waals surface area contributed by atoms with Crippen molar-refractivity contribution >= 4 is 34.2 Å². The zero-order chi connectivity index (χ0) is 12.4. The maximum atomic E-state index is 12.2. The summed E-state index contributed by atoms with van der Waals surface area (Å²) < 4.78 is 0.649. The maximum Gasteiger partial charge on any atom is 0.268 e. The third-order valence-corrected chi connectivity index (χ3v) is 4.52. The minimum absolute atomic E-state index is 0.0450. The van der Waals surface area contributed by atoms with Gasteiger partial charge in [-0.05, 0) is 19.3 Å². The Morgan fingerprint density at radius 2 is 2.29 bits per heavy atom. The third kappa shape index (κ3) is 2.40. The lowest BCUT2D eigenvalue weighted by atomic mass is 10.1. The minimum atomic E-state index is 0.0450. The first-order valence-electron chi connectivity index (χ1n) is 5.74. The Kier molecular flexibility index (Phi) is 3.89. The topological polar surface area (TPSA) is 23.6 Å². The molecule has 0 atom stereocenters. The molecule has 0 spiro atoms. The highest BCUT2D eigenvalue weighted by Gasteiger charge is 2.34. The summed E-state index contributed by atoms with van der Waals surface area (Å²) in [5.41, 5.74) is 1.15. The van der Waals surface area contributed by atoms with Crippen molar-refractivity contribution in [2.24, 2.45) is 0 Å². The number of thioether (sulfide) groups is 1. The summed E-state index contributed by atoms with van der Waals surface area (Å²) >= 11 is 6.67. The SMILES string of the molecule is C=CCN1C(=O)C(=C2CCCCN2C)SC1=S. The van der Waals surface area contributed by atoms with Gasteiger partial charge in [-0.1, -0.05) is 30.1 Å². The number of nitrogens with zero attached hydrogens (tertiary/aromatic N) is 2. The van der Waals surface area contributed by atoms with E-state index in [1.54, 1.807) is 11.0 Å². The number of hydrogen-bond donors (Lipinski definition) is 0. The fourth-order valence-electron chi connectivity index (χ4n) is 2.11. The molecule has 1 amide bonds. The number of amides is 1. The Balaban J connectivity index is 2.28. The number of piperidine rings is 1. The van der Waals surface area contributed by atoms with Gasteiger partial charge in [0.2, 0.25) is 0 Å². The van der Waals surface area contributed by atoms with Crippen LogP contribution in [-0.2, 0) is 4.79 Å². The van der Waals surface area contributed by atoms with Gasteiger partial charge in [0.1, 0.15) is 4.32 Å². The van der Waals surface area contributed by atoms with Crippen LogP contribution in [0.2, 0.25) is 0 Å². The van der Waals surface area contributed by atoms with Crippen molar-refractivity contribution in [3.63, 3.8) is 0 Å². The summed E-state index contributed by atoms with van der Waals surface area (Å²) in [4.78, 5) is 16.9. The van der Waals surface area contributed by atoms with Crippen molar-refractivity contribution in [1.29, 1.82) is 0 Å². The second-order valence-corrected chi connectivity index (χ2v) is 5.87. The predicted octanol–water partition coefficient (Wildman–Crippen LogP) is 2.36. The molecule has 17 heavy (non-hydrogen) atoms. The molecule has 5 heteroatoms. The van der Waals surface area contributed by atoms with Crippen LogP contribution in [0.3, 0.4) is 0 Å². The molecular weight excluding hydrogens is 252 g/mol. The number of allylic oxidation sites excluding steroid dienone is 1. The van der Waals surface area contributed by atoms with Gasteiger partial charge in [0.15, 0.2) is 0 Å². The van der Waals surface area contributed by atoms with Gasteiger partial charge in [0.05, 0.1) is 4.91 Å². The molecule has 2 rings (SSSR count). The van der Waals surface area contributed by atoms with E-state index in [2.05, 4.69) is 18.5 Å². The fourth-order valence-corrected chi connectivity index (χ4v) is 3.54. The summed E-state index contributed by atoms with van der Waals surface area (Å²) in [7, 11) is 2.05. The van der Waals surface area contributed by atoms with E-state index in [4.69, 9.17) is 12.2 Å². The lowest BCUT2D eigenvalue weighted by molar-refractivity contribution is -0.122. The first-order valence-corrected chi connectivity index (χ1v) is 6.96. The zero-order valence-corrected chi connectivity index (χ0v) is 11.6. The fraction of sp³-hybridized carbons (Fsp3) is 0.500. The molecule has 0 aromatic heterocycles. The van der Waals surface area contributed by atoms with Crippen molar-refractivity contribution in [1.82, 2.24) is 9.80 Å². The summed E-state index contributed by atoms with van der Waals surface area (Å²) in [5.74, 6) is 0.0450. The molecule has 92 valence electrons. The van der Waals surface area contributed by atoms with Crippen LogP contribution in [0.25, 0.3) is 0 Å². The van der Waals surface area contributed by atoms with E-state index in [0.29, 0.717) is 10.9 Å². The first kappa shape index (κ1) is 12.6. The standard InChI is InChI=1S/C12H16N2OS2/c1-3-7-14-11(15)10(17-12(14)16)9-6-4-5-8-13(9)2/h3H,1,4-8H2,2H3. The van der Waals surface area contributed by atoms with Gasteiger partial charge in [0.25, 0.3) is 5.91 Å². The molecule has 2 heterocycles. The molecule has 0 radical (unpaired) electrons. The number of carbonyl (C=O) groups excluding carboxylic acids is 1. The number of carbonyl (C=O) groups is 1. The van der Waals surface area contributed by atoms with Crippen molar-refractivity contribution in [3.05, 3.63) is 23.3 Å². The molecule has 2 aliphatic heterocycles. The average molecular weight is 268 g/mol. The Bertz CT molecular complexity index is 403. The second-order valence-electron chi connectivity index (χ2n) is 4.23. The van der Waals surface area contributed by atoms with Gasteiger partial charge in [-0.15, -0.1) is 6.58 Å². The Hall–Kier alpha value is -0.810. The Labute approximate surface area is 112 Å². The van der Waals surface area contributed by atoms with Gasteiger partial charge in [-0.3, -0.25) is 9.69 Å². The Morgan fingerprint density at radius 3 is 2.94 bits per heavy atom. The van der Waals surface area contributed by atoms with E-state index in [-0.39, 0.29) is 5.91 Å². The molecule has 0 unspecified atom stereocenters. The van der Waals surface area contributed by atoms with E-state index in [0.717, 1.165) is 30.0 Å². The largest absolute Gasteiger partial charge is 0.377 e. The van der Waals surface area contributed by atoms with Crippen LogP contribution in [0.1, 0.15) is 19.3 Å². The molecule has 0 saturated carbocycles. The monoisotopic (exact) mass is 268 g/mol. The number of likely N-dealkylation sites (tertiary alicyclic amines) is 1. The molecule has 0 N–H and O–H groups in total. The van der Waals surface area contributed by atoms with Gasteiger partial charge >= 0.3 is 0 Å². The Morgan fingerprint density at radius 1 is 1.53 bits per heavy atom. The summed E-state index contributed by atoms with van der Waals surface area (Å²) in [5, 5.41) is 0. The zero-order valence-electron chi connectivity index (χ0n) is 9.94. The van der Waals surface area contributed by atoms with Crippen molar-refractivity contribution in [3.8, 4) is 0 Å². The second kappa shape index (κ2) is 5.23. The van der Waals surface area contributed by atoms with Crippen LogP contribution < -0.4 is 0 Å². The molecule has 0 bridgehead atoms. The third-order valence-electron chi connectivity index (χ3n) is 3.04. The van der Waals surface area contributed by atoms with Crippen LogP contribution >= 0.6 is 24.0 Å². The average Bonchev–Trinajstić information content (AvgIpc) is 2.58. The van der Waals surface area contributed by atoms with Crippen LogP contribution in [0.15, 0.2) is 23.3 Å². The summed E-state index contributed by atoms with van der Waals surface area (Å²) in [6, 6.07) is 0. The van der Waals surface area contributed by atoms with E-state index < -0.39 is 0 Å². The van der Waals surface area contributed by atoms with Crippen molar-refractivity contribution in [2.75, 3.05) is 20.1 Å². The summed E-state index contributed by atoms with van der Waals surface area (Å²) in [6.45, 7) is 5.19. The van der Waals surface area contributed by atoms with Gasteiger partial charge in [-0.2, -0.15) is 0 Å². The summed E-state index contributed by atoms with van der Waals surface area (Å²) in [6.07, 6.45) is 5.05. The van der Waals surface area contributed by atoms with Crippen LogP contribution in [0.5, 0.6) is 0 Å². The van der Waals surface area contributed by atoms with Crippen LogP contribution in [0.4, 0.5) is 0 Å². The lowest BCUT2D eigenvalue weighted by Gasteiger charge is -2.28. The smallest absolute Gasteiger partial charge is 0.268 e. The molecular formula is C12H16N2OS2. The van der Waals surface area contributed by atoms with Gasteiger partial charge in [-0.25, -0.2) is 0 Å². The molecule has 2 aliphatic rings. The minimum Gasteiger partial charge on any atom is -0.377 e. The van der Waals surface area contributed by atoms with E-state index in [1.165, 1.54) is 18.2 Å². The molecule has 2 saturated heterocycles. The molecule has 0 aliphatic carbocycles. The highest BCUT2D eigenvalue weighted by atomic mass is 32.2.